The summed E-state index contributed by atoms with van der Waals surface area (Å²) in [6.07, 6.45) is 0. The van der Waals surface area contributed by atoms with Crippen LogP contribution in [0.4, 0.5) is 11.4 Å². The predicted octanol–water partition coefficient (Wildman–Crippen LogP) is 3.78. The Morgan fingerprint density at radius 1 is 0.923 bits per heavy atom. The van der Waals surface area contributed by atoms with Crippen molar-refractivity contribution in [3.8, 4) is 11.5 Å². The molecule has 2 N–H and O–H groups in total. The first-order chi connectivity index (χ1) is 12.4. The van der Waals surface area contributed by atoms with E-state index in [2.05, 4.69) is 10.6 Å². The highest BCUT2D eigenvalue weighted by molar-refractivity contribution is 8.00. The molecule has 2 aromatic rings. The van der Waals surface area contributed by atoms with Crippen molar-refractivity contribution in [1.29, 1.82) is 0 Å². The van der Waals surface area contributed by atoms with Gasteiger partial charge < -0.3 is 20.1 Å². The maximum absolute atomic E-state index is 12.5. The summed E-state index contributed by atoms with van der Waals surface area (Å²) >= 11 is 1.43. The summed E-state index contributed by atoms with van der Waals surface area (Å²) in [5, 5.41) is 5.28. The number of benzene rings is 2. The lowest BCUT2D eigenvalue weighted by atomic mass is 10.2. The van der Waals surface area contributed by atoms with E-state index in [1.165, 1.54) is 18.7 Å². The van der Waals surface area contributed by atoms with Gasteiger partial charge in [-0.1, -0.05) is 0 Å². The molecule has 2 aromatic carbocycles. The van der Waals surface area contributed by atoms with Crippen molar-refractivity contribution in [3.05, 3.63) is 42.5 Å². The zero-order chi connectivity index (χ0) is 19.1. The number of methoxy groups -OCH3 is 2. The Labute approximate surface area is 157 Å². The molecule has 0 saturated heterocycles. The smallest absolute Gasteiger partial charge is 0.237 e. The van der Waals surface area contributed by atoms with Gasteiger partial charge in [0, 0.05) is 41.4 Å². The second-order valence-electron chi connectivity index (χ2n) is 5.56. The summed E-state index contributed by atoms with van der Waals surface area (Å²) in [5.74, 6) is 0.963. The van der Waals surface area contributed by atoms with E-state index >= 15 is 0 Å². The van der Waals surface area contributed by atoms with Crippen LogP contribution in [-0.4, -0.2) is 31.3 Å². The summed E-state index contributed by atoms with van der Waals surface area (Å²) in [7, 11) is 3.12. The van der Waals surface area contributed by atoms with Crippen LogP contribution in [0.2, 0.25) is 0 Å². The number of carbonyl (C=O) groups is 2. The lowest BCUT2D eigenvalue weighted by molar-refractivity contribution is -0.115. The quantitative estimate of drug-likeness (QED) is 0.721. The number of hydrogen-bond donors (Lipinski definition) is 2. The van der Waals surface area contributed by atoms with Gasteiger partial charge in [0.1, 0.15) is 11.5 Å². The molecule has 1 unspecified atom stereocenters. The minimum absolute atomic E-state index is 0.119. The number of thioether (sulfide) groups is 1. The van der Waals surface area contributed by atoms with Crippen molar-refractivity contribution in [3.63, 3.8) is 0 Å². The van der Waals surface area contributed by atoms with Gasteiger partial charge in [-0.2, -0.15) is 0 Å². The first kappa shape index (κ1) is 19.7. The van der Waals surface area contributed by atoms with E-state index in [0.717, 1.165) is 10.6 Å². The summed E-state index contributed by atoms with van der Waals surface area (Å²) in [5.41, 5.74) is 1.34. The number of rotatable bonds is 7. The van der Waals surface area contributed by atoms with Crippen molar-refractivity contribution < 1.29 is 19.1 Å². The summed E-state index contributed by atoms with van der Waals surface area (Å²) in [4.78, 5) is 24.4. The van der Waals surface area contributed by atoms with E-state index in [0.29, 0.717) is 17.2 Å². The van der Waals surface area contributed by atoms with Crippen LogP contribution in [0.1, 0.15) is 13.8 Å². The van der Waals surface area contributed by atoms with Crippen molar-refractivity contribution in [2.24, 2.45) is 0 Å². The highest BCUT2D eigenvalue weighted by Crippen LogP contribution is 2.28. The monoisotopic (exact) mass is 374 g/mol. The fraction of sp³-hybridized carbons (Fsp3) is 0.263. The fourth-order valence-electron chi connectivity index (χ4n) is 2.20. The fourth-order valence-corrected chi connectivity index (χ4v) is 3.07. The van der Waals surface area contributed by atoms with Crippen LogP contribution >= 0.6 is 11.8 Å². The normalized spacial score (nSPS) is 11.4. The van der Waals surface area contributed by atoms with Gasteiger partial charge in [-0.25, -0.2) is 0 Å². The predicted molar refractivity (Wildman–Crippen MR) is 104 cm³/mol. The number of amides is 2. The van der Waals surface area contributed by atoms with Gasteiger partial charge in [-0.05, 0) is 31.2 Å². The van der Waals surface area contributed by atoms with Crippen LogP contribution in [0.25, 0.3) is 0 Å². The molecule has 6 nitrogen and oxygen atoms in total. The Morgan fingerprint density at radius 2 is 1.50 bits per heavy atom. The van der Waals surface area contributed by atoms with E-state index in [1.807, 2.05) is 19.1 Å². The molecule has 2 rings (SSSR count). The van der Waals surface area contributed by atoms with Gasteiger partial charge in [0.15, 0.2) is 0 Å². The van der Waals surface area contributed by atoms with Crippen molar-refractivity contribution >= 4 is 35.0 Å². The van der Waals surface area contributed by atoms with Crippen LogP contribution < -0.4 is 20.1 Å². The van der Waals surface area contributed by atoms with E-state index in [4.69, 9.17) is 9.47 Å². The number of anilines is 2. The molecule has 1 atom stereocenters. The molecule has 0 aliphatic rings. The highest BCUT2D eigenvalue weighted by Gasteiger charge is 2.15. The lowest BCUT2D eigenvalue weighted by Crippen LogP contribution is -2.22. The van der Waals surface area contributed by atoms with Gasteiger partial charge in [-0.3, -0.25) is 9.59 Å². The zero-order valence-corrected chi connectivity index (χ0v) is 16.0. The van der Waals surface area contributed by atoms with Crippen molar-refractivity contribution in [2.45, 2.75) is 24.0 Å². The highest BCUT2D eigenvalue weighted by atomic mass is 32.2. The summed E-state index contributed by atoms with van der Waals surface area (Å²) in [6.45, 7) is 3.29. The maximum atomic E-state index is 12.5. The summed E-state index contributed by atoms with van der Waals surface area (Å²) < 4.78 is 10.4. The van der Waals surface area contributed by atoms with Crippen molar-refractivity contribution in [2.75, 3.05) is 24.9 Å². The number of ether oxygens (including phenoxy) is 2. The first-order valence-corrected chi connectivity index (χ1v) is 8.87. The molecule has 0 spiro atoms. The standard InChI is InChI=1S/C19H22N2O4S/c1-12(26-18-7-5-14(6-8-18)20-13(2)22)19(23)21-15-9-16(24-3)11-17(10-15)25-4/h5-12H,1-4H3,(H,20,22)(H,21,23). The molecule has 0 fully saturated rings. The van der Waals surface area contributed by atoms with Crippen LogP contribution in [0.5, 0.6) is 11.5 Å². The number of nitrogens with one attached hydrogen (secondary N) is 2. The molecule has 0 radical (unpaired) electrons. The van der Waals surface area contributed by atoms with Gasteiger partial charge >= 0.3 is 0 Å². The van der Waals surface area contributed by atoms with E-state index in [-0.39, 0.29) is 17.1 Å². The third-order valence-corrected chi connectivity index (χ3v) is 4.59. The van der Waals surface area contributed by atoms with Gasteiger partial charge in [0.2, 0.25) is 11.8 Å². The molecule has 2 amide bonds. The minimum Gasteiger partial charge on any atom is -0.497 e. The Bertz CT molecular complexity index is 755. The third kappa shape index (κ3) is 5.70. The minimum atomic E-state index is -0.307. The molecule has 0 bridgehead atoms. The van der Waals surface area contributed by atoms with E-state index < -0.39 is 0 Å². The average molecular weight is 374 g/mol. The van der Waals surface area contributed by atoms with Crippen molar-refractivity contribution in [1.82, 2.24) is 0 Å². The van der Waals surface area contributed by atoms with Crippen LogP contribution in [0, 0.1) is 0 Å². The molecule has 26 heavy (non-hydrogen) atoms. The number of carbonyl (C=O) groups excluding carboxylic acids is 2. The second kappa shape index (κ2) is 9.15. The number of hydrogen-bond acceptors (Lipinski definition) is 5. The molecule has 0 saturated carbocycles. The third-order valence-electron chi connectivity index (χ3n) is 3.48. The molecule has 0 aliphatic heterocycles. The molecular formula is C19H22N2O4S. The topological polar surface area (TPSA) is 76.7 Å². The van der Waals surface area contributed by atoms with Gasteiger partial charge in [0.05, 0.1) is 19.5 Å². The Morgan fingerprint density at radius 3 is 2.00 bits per heavy atom. The molecule has 7 heteroatoms. The van der Waals surface area contributed by atoms with Gasteiger partial charge in [0.25, 0.3) is 0 Å². The average Bonchev–Trinajstić information content (AvgIpc) is 2.62. The molecule has 0 aliphatic carbocycles. The van der Waals surface area contributed by atoms with E-state index in [1.54, 1.807) is 44.6 Å². The Balaban J connectivity index is 2.00. The van der Waals surface area contributed by atoms with Crippen LogP contribution in [0.15, 0.2) is 47.4 Å². The SMILES string of the molecule is COc1cc(NC(=O)C(C)Sc2ccc(NC(C)=O)cc2)cc(OC)c1. The molecular weight excluding hydrogens is 352 g/mol. The van der Waals surface area contributed by atoms with Gasteiger partial charge in [-0.15, -0.1) is 11.8 Å². The molecule has 138 valence electrons. The van der Waals surface area contributed by atoms with Crippen LogP contribution in [0.3, 0.4) is 0 Å². The summed E-state index contributed by atoms with van der Waals surface area (Å²) in [6, 6.07) is 12.6. The zero-order valence-electron chi connectivity index (χ0n) is 15.2. The van der Waals surface area contributed by atoms with E-state index in [9.17, 15) is 9.59 Å². The molecule has 0 aromatic heterocycles. The molecule has 0 heterocycles. The Hall–Kier alpha value is -2.67. The second-order valence-corrected chi connectivity index (χ2v) is 6.97. The van der Waals surface area contributed by atoms with Crippen LogP contribution in [-0.2, 0) is 9.59 Å². The maximum Gasteiger partial charge on any atom is 0.237 e. The Kier molecular flexibility index (Phi) is 6.91. The largest absolute Gasteiger partial charge is 0.497 e. The first-order valence-electron chi connectivity index (χ1n) is 7.99. The lowest BCUT2D eigenvalue weighted by Gasteiger charge is -2.14.